The van der Waals surface area contributed by atoms with Gasteiger partial charge in [0.1, 0.15) is 6.04 Å². The van der Waals surface area contributed by atoms with Gasteiger partial charge in [-0.05, 0) is 26.2 Å². The average Bonchev–Trinajstić information content (AvgIpc) is 2.23. The molecule has 1 fully saturated rings. The highest BCUT2D eigenvalue weighted by atomic mass is 16.4. The van der Waals surface area contributed by atoms with Crippen molar-refractivity contribution in [2.75, 3.05) is 13.1 Å². The van der Waals surface area contributed by atoms with E-state index in [9.17, 15) is 14.7 Å². The number of piperidine rings is 1. The molecule has 17 heavy (non-hydrogen) atoms. The largest absolute Gasteiger partial charge is 0.480 e. The van der Waals surface area contributed by atoms with Crippen LogP contribution in [0.15, 0.2) is 0 Å². The summed E-state index contributed by atoms with van der Waals surface area (Å²) in [5, 5.41) is 21.1. The Labute approximate surface area is 101 Å². The molecule has 0 aromatic rings. The third-order valence-electron chi connectivity index (χ3n) is 2.97. The second kappa shape index (κ2) is 5.35. The third-order valence-corrected chi connectivity index (χ3v) is 2.97. The summed E-state index contributed by atoms with van der Waals surface area (Å²) in [5.74, 6) is -1.04. The van der Waals surface area contributed by atoms with E-state index in [0.717, 1.165) is 6.42 Å². The molecular formula is C11H20N2O4. The number of hydrogen-bond donors (Lipinski definition) is 3. The number of nitrogens with one attached hydrogen (secondary N) is 1. The number of amides is 2. The fourth-order valence-electron chi connectivity index (χ4n) is 1.97. The number of urea groups is 1. The van der Waals surface area contributed by atoms with Crippen molar-refractivity contribution in [2.45, 2.75) is 44.8 Å². The number of aliphatic hydroxyl groups is 1. The summed E-state index contributed by atoms with van der Waals surface area (Å²) in [6.45, 7) is 4.18. The van der Waals surface area contributed by atoms with E-state index in [-0.39, 0.29) is 6.54 Å². The van der Waals surface area contributed by atoms with E-state index in [4.69, 9.17) is 5.11 Å². The Morgan fingerprint density at radius 2 is 2.18 bits per heavy atom. The first-order chi connectivity index (χ1) is 7.85. The van der Waals surface area contributed by atoms with Gasteiger partial charge in [-0.25, -0.2) is 9.59 Å². The van der Waals surface area contributed by atoms with E-state index in [1.807, 2.05) is 0 Å². The highest BCUT2D eigenvalue weighted by Gasteiger charge is 2.32. The molecule has 1 aliphatic heterocycles. The van der Waals surface area contributed by atoms with E-state index in [1.165, 1.54) is 4.90 Å². The molecule has 1 saturated heterocycles. The van der Waals surface area contributed by atoms with Crippen LogP contribution in [0.25, 0.3) is 0 Å². The number of carbonyl (C=O) groups excluding carboxylic acids is 1. The van der Waals surface area contributed by atoms with Crippen molar-refractivity contribution >= 4 is 12.0 Å². The van der Waals surface area contributed by atoms with Crippen molar-refractivity contribution in [3.63, 3.8) is 0 Å². The molecule has 98 valence electrons. The quantitative estimate of drug-likeness (QED) is 0.670. The molecule has 2 atom stereocenters. The molecule has 0 aromatic carbocycles. The second-order valence-electron chi connectivity index (χ2n) is 4.77. The first kappa shape index (κ1) is 13.8. The minimum atomic E-state index is -1.04. The lowest BCUT2D eigenvalue weighted by molar-refractivity contribution is -0.139. The van der Waals surface area contributed by atoms with Gasteiger partial charge < -0.3 is 20.4 Å². The molecule has 0 saturated carbocycles. The van der Waals surface area contributed by atoms with E-state index in [0.29, 0.717) is 19.4 Å². The molecule has 0 aliphatic carbocycles. The molecule has 1 heterocycles. The first-order valence-corrected chi connectivity index (χ1v) is 5.86. The normalized spacial score (nSPS) is 26.4. The van der Waals surface area contributed by atoms with E-state index >= 15 is 0 Å². The smallest absolute Gasteiger partial charge is 0.326 e. The topological polar surface area (TPSA) is 89.9 Å². The van der Waals surface area contributed by atoms with Gasteiger partial charge in [0.05, 0.1) is 12.1 Å². The van der Waals surface area contributed by atoms with E-state index in [1.54, 1.807) is 13.8 Å². The number of likely N-dealkylation sites (tertiary alicyclic amines) is 1. The van der Waals surface area contributed by atoms with Crippen LogP contribution in [0.1, 0.15) is 33.1 Å². The Bertz CT molecular complexity index is 304. The molecule has 2 amide bonds. The van der Waals surface area contributed by atoms with Gasteiger partial charge in [-0.3, -0.25) is 0 Å². The van der Waals surface area contributed by atoms with Crippen molar-refractivity contribution in [2.24, 2.45) is 0 Å². The Morgan fingerprint density at radius 1 is 1.53 bits per heavy atom. The summed E-state index contributed by atoms with van der Waals surface area (Å²) in [5.41, 5.74) is -0.874. The molecular weight excluding hydrogens is 224 g/mol. The van der Waals surface area contributed by atoms with Crippen molar-refractivity contribution < 1.29 is 19.8 Å². The number of nitrogens with zero attached hydrogens (tertiary/aromatic N) is 1. The lowest BCUT2D eigenvalue weighted by Crippen LogP contribution is -2.54. The van der Waals surface area contributed by atoms with Gasteiger partial charge in [0, 0.05) is 6.54 Å². The summed E-state index contributed by atoms with van der Waals surface area (Å²) in [6, 6.07) is -1.28. The summed E-state index contributed by atoms with van der Waals surface area (Å²) < 4.78 is 0. The molecule has 1 rings (SSSR count). The first-order valence-electron chi connectivity index (χ1n) is 5.86. The van der Waals surface area contributed by atoms with Crippen LogP contribution in [0.2, 0.25) is 0 Å². The van der Waals surface area contributed by atoms with Crippen molar-refractivity contribution in [3.05, 3.63) is 0 Å². The predicted octanol–water partition coefficient (Wildman–Crippen LogP) is 0.406. The maximum Gasteiger partial charge on any atom is 0.326 e. The van der Waals surface area contributed by atoms with Crippen molar-refractivity contribution in [1.82, 2.24) is 10.2 Å². The molecule has 0 bridgehead atoms. The molecule has 0 aromatic heterocycles. The number of hydrogen-bond acceptors (Lipinski definition) is 3. The number of aliphatic carboxylic acids is 1. The van der Waals surface area contributed by atoms with E-state index < -0.39 is 23.6 Å². The van der Waals surface area contributed by atoms with Gasteiger partial charge >= 0.3 is 12.0 Å². The summed E-state index contributed by atoms with van der Waals surface area (Å²) in [6.07, 6.45) is 1.72. The minimum Gasteiger partial charge on any atom is -0.480 e. The number of rotatable bonds is 3. The van der Waals surface area contributed by atoms with Crippen LogP contribution in [0, 0.1) is 0 Å². The Kier molecular flexibility index (Phi) is 4.34. The van der Waals surface area contributed by atoms with Crippen LogP contribution in [0.5, 0.6) is 0 Å². The number of carboxylic acids is 1. The highest BCUT2D eigenvalue weighted by Crippen LogP contribution is 2.20. The SMILES string of the molecule is CCC(NC(=O)N1CCCC(C)(O)C1)C(=O)O. The molecule has 1 aliphatic rings. The molecule has 0 radical (unpaired) electrons. The molecule has 6 nitrogen and oxygen atoms in total. The summed E-state index contributed by atoms with van der Waals surface area (Å²) in [7, 11) is 0. The minimum absolute atomic E-state index is 0.245. The van der Waals surface area contributed by atoms with Gasteiger partial charge in [-0.2, -0.15) is 0 Å². The maximum atomic E-state index is 11.8. The van der Waals surface area contributed by atoms with Gasteiger partial charge in [-0.1, -0.05) is 6.92 Å². The van der Waals surface area contributed by atoms with Crippen molar-refractivity contribution in [3.8, 4) is 0 Å². The van der Waals surface area contributed by atoms with Crippen molar-refractivity contribution in [1.29, 1.82) is 0 Å². The lowest BCUT2D eigenvalue weighted by atomic mass is 9.95. The molecule has 3 N–H and O–H groups in total. The third kappa shape index (κ3) is 3.89. The maximum absolute atomic E-state index is 11.8. The fourth-order valence-corrected chi connectivity index (χ4v) is 1.97. The number of carboxylic acid groups (broad SMARTS) is 1. The lowest BCUT2D eigenvalue weighted by Gasteiger charge is -2.37. The number of carbonyl (C=O) groups is 2. The van der Waals surface area contributed by atoms with Crippen LogP contribution >= 0.6 is 0 Å². The van der Waals surface area contributed by atoms with Gasteiger partial charge in [-0.15, -0.1) is 0 Å². The summed E-state index contributed by atoms with van der Waals surface area (Å²) in [4.78, 5) is 24.1. The van der Waals surface area contributed by atoms with Crippen LogP contribution in [0.4, 0.5) is 4.79 Å². The molecule has 6 heteroatoms. The van der Waals surface area contributed by atoms with Crippen LogP contribution in [0.3, 0.4) is 0 Å². The zero-order chi connectivity index (χ0) is 13.1. The van der Waals surface area contributed by atoms with Gasteiger partial charge in [0.15, 0.2) is 0 Å². The van der Waals surface area contributed by atoms with Crippen LogP contribution in [-0.4, -0.2) is 51.8 Å². The Hall–Kier alpha value is -1.30. The molecule has 0 spiro atoms. The van der Waals surface area contributed by atoms with Crippen LogP contribution in [-0.2, 0) is 4.79 Å². The number of β-amino-alcohol motifs (C(OH)–C–C–N with tert-alkyl or cyclic N) is 1. The monoisotopic (exact) mass is 244 g/mol. The fraction of sp³-hybridized carbons (Fsp3) is 0.818. The second-order valence-corrected chi connectivity index (χ2v) is 4.77. The predicted molar refractivity (Wildman–Crippen MR) is 61.7 cm³/mol. The highest BCUT2D eigenvalue weighted by molar-refractivity contribution is 5.82. The van der Waals surface area contributed by atoms with Gasteiger partial charge in [0.25, 0.3) is 0 Å². The van der Waals surface area contributed by atoms with E-state index in [2.05, 4.69) is 5.32 Å². The Morgan fingerprint density at radius 3 is 2.65 bits per heavy atom. The summed E-state index contributed by atoms with van der Waals surface area (Å²) >= 11 is 0. The standard InChI is InChI=1S/C11H20N2O4/c1-3-8(9(14)15)12-10(16)13-6-4-5-11(2,17)7-13/h8,17H,3-7H2,1-2H3,(H,12,16)(H,14,15). The zero-order valence-electron chi connectivity index (χ0n) is 10.3. The van der Waals surface area contributed by atoms with Crippen LogP contribution < -0.4 is 5.32 Å². The molecule has 2 unspecified atom stereocenters. The Balaban J connectivity index is 2.55. The van der Waals surface area contributed by atoms with Gasteiger partial charge in [0.2, 0.25) is 0 Å². The average molecular weight is 244 g/mol. The zero-order valence-corrected chi connectivity index (χ0v) is 10.3.